The van der Waals surface area contributed by atoms with E-state index in [-0.39, 0.29) is 12.1 Å². The number of rotatable bonds is 1. The van der Waals surface area contributed by atoms with Gasteiger partial charge in [-0.3, -0.25) is 4.79 Å². The van der Waals surface area contributed by atoms with Crippen molar-refractivity contribution in [2.24, 2.45) is 0 Å². The molecule has 60 valence electrons. The summed E-state index contributed by atoms with van der Waals surface area (Å²) in [5.74, 6) is 0.307. The Labute approximate surface area is 65.6 Å². The molecule has 1 aromatic carbocycles. The molecular formula is C8H11NO2. The van der Waals surface area contributed by atoms with Crippen molar-refractivity contribution in [2.45, 2.75) is 6.92 Å². The molecule has 0 spiro atoms. The maximum Gasteiger partial charge on any atom is 0.308 e. The van der Waals surface area contributed by atoms with Gasteiger partial charge in [0.2, 0.25) is 0 Å². The summed E-state index contributed by atoms with van der Waals surface area (Å²) in [6.07, 6.45) is 0. The van der Waals surface area contributed by atoms with Crippen molar-refractivity contribution in [3.05, 3.63) is 30.3 Å². The standard InChI is InChI=1S/C8H8O2.H3N/c1-7(9)10-8-5-3-2-4-6-8;/h2-6H,1H3;1H3. The fourth-order valence-electron chi connectivity index (χ4n) is 0.655. The Kier molecular flexibility index (Phi) is 3.92. The van der Waals surface area contributed by atoms with Crippen LogP contribution in [0.5, 0.6) is 5.75 Å². The lowest BCUT2D eigenvalue weighted by molar-refractivity contribution is -0.131. The molecule has 0 heterocycles. The third kappa shape index (κ3) is 3.37. The van der Waals surface area contributed by atoms with Crippen LogP contribution >= 0.6 is 0 Å². The van der Waals surface area contributed by atoms with Gasteiger partial charge in [0.05, 0.1) is 0 Å². The topological polar surface area (TPSA) is 61.3 Å². The highest BCUT2D eigenvalue weighted by Crippen LogP contribution is 2.07. The average molecular weight is 153 g/mol. The summed E-state index contributed by atoms with van der Waals surface area (Å²) in [6.45, 7) is 1.38. The SMILES string of the molecule is CC(=O)Oc1ccccc1.N. The Balaban J connectivity index is 0.000001000. The highest BCUT2D eigenvalue weighted by molar-refractivity contribution is 5.69. The summed E-state index contributed by atoms with van der Waals surface area (Å²) in [6, 6.07) is 8.98. The molecule has 0 atom stereocenters. The second-order valence-corrected chi connectivity index (χ2v) is 1.91. The van der Waals surface area contributed by atoms with Crippen molar-refractivity contribution >= 4 is 5.97 Å². The van der Waals surface area contributed by atoms with E-state index in [4.69, 9.17) is 4.74 Å². The van der Waals surface area contributed by atoms with Crippen molar-refractivity contribution < 1.29 is 9.53 Å². The molecule has 0 saturated carbocycles. The first-order valence-electron chi connectivity index (χ1n) is 3.02. The van der Waals surface area contributed by atoms with Gasteiger partial charge in [0, 0.05) is 6.92 Å². The van der Waals surface area contributed by atoms with Crippen LogP contribution in [0.1, 0.15) is 6.92 Å². The smallest absolute Gasteiger partial charge is 0.308 e. The van der Waals surface area contributed by atoms with Gasteiger partial charge in [-0.2, -0.15) is 0 Å². The van der Waals surface area contributed by atoms with Crippen molar-refractivity contribution in [3.63, 3.8) is 0 Å². The largest absolute Gasteiger partial charge is 0.427 e. The molecule has 0 aliphatic rings. The molecule has 0 aromatic heterocycles. The molecule has 0 saturated heterocycles. The van der Waals surface area contributed by atoms with E-state index in [0.29, 0.717) is 5.75 Å². The minimum absolute atomic E-state index is 0. The molecule has 11 heavy (non-hydrogen) atoms. The van der Waals surface area contributed by atoms with E-state index >= 15 is 0 Å². The van der Waals surface area contributed by atoms with Crippen molar-refractivity contribution in [3.8, 4) is 5.75 Å². The van der Waals surface area contributed by atoms with E-state index in [1.807, 2.05) is 18.2 Å². The molecule has 0 fully saturated rings. The molecule has 3 nitrogen and oxygen atoms in total. The van der Waals surface area contributed by atoms with Crippen LogP contribution in [0, 0.1) is 0 Å². The first kappa shape index (κ1) is 9.65. The molecular weight excluding hydrogens is 142 g/mol. The molecule has 3 heteroatoms. The average Bonchev–Trinajstić information content (AvgIpc) is 1.88. The van der Waals surface area contributed by atoms with Crippen LogP contribution in [-0.4, -0.2) is 5.97 Å². The first-order valence-corrected chi connectivity index (χ1v) is 3.02. The molecule has 0 radical (unpaired) electrons. The van der Waals surface area contributed by atoms with Crippen LogP contribution in [0.2, 0.25) is 0 Å². The molecule has 0 aliphatic heterocycles. The number of para-hydroxylation sites is 1. The monoisotopic (exact) mass is 153 g/mol. The van der Waals surface area contributed by atoms with Gasteiger partial charge in [0.1, 0.15) is 5.75 Å². The van der Waals surface area contributed by atoms with Crippen LogP contribution in [0.15, 0.2) is 30.3 Å². The van der Waals surface area contributed by atoms with E-state index in [2.05, 4.69) is 0 Å². The van der Waals surface area contributed by atoms with Gasteiger partial charge in [-0.05, 0) is 12.1 Å². The van der Waals surface area contributed by atoms with E-state index in [1.54, 1.807) is 12.1 Å². The number of carbonyl (C=O) groups excluding carboxylic acids is 1. The van der Waals surface area contributed by atoms with Crippen LogP contribution in [0.3, 0.4) is 0 Å². The molecule has 0 unspecified atom stereocenters. The molecule has 3 N–H and O–H groups in total. The number of hydrogen-bond donors (Lipinski definition) is 1. The van der Waals surface area contributed by atoms with Gasteiger partial charge >= 0.3 is 5.97 Å². The highest BCUT2D eigenvalue weighted by atomic mass is 16.5. The fourth-order valence-corrected chi connectivity index (χ4v) is 0.655. The Morgan fingerprint density at radius 2 is 1.82 bits per heavy atom. The lowest BCUT2D eigenvalue weighted by atomic mass is 10.3. The van der Waals surface area contributed by atoms with E-state index < -0.39 is 0 Å². The fraction of sp³-hybridized carbons (Fsp3) is 0.125. The lowest BCUT2D eigenvalue weighted by Gasteiger charge is -1.97. The molecule has 1 aromatic rings. The van der Waals surface area contributed by atoms with Crippen LogP contribution in [0.4, 0.5) is 0 Å². The summed E-state index contributed by atoms with van der Waals surface area (Å²) in [7, 11) is 0. The number of carbonyl (C=O) groups is 1. The Morgan fingerprint density at radius 1 is 1.27 bits per heavy atom. The Bertz CT molecular complexity index is 221. The Hall–Kier alpha value is -1.35. The van der Waals surface area contributed by atoms with E-state index in [9.17, 15) is 4.79 Å². The zero-order valence-corrected chi connectivity index (χ0v) is 6.41. The minimum atomic E-state index is -0.286. The normalized spacial score (nSPS) is 8.09. The van der Waals surface area contributed by atoms with Crippen LogP contribution in [0.25, 0.3) is 0 Å². The minimum Gasteiger partial charge on any atom is -0.427 e. The third-order valence-electron chi connectivity index (χ3n) is 1.00. The van der Waals surface area contributed by atoms with Gasteiger partial charge in [-0.1, -0.05) is 18.2 Å². The predicted octanol–water partition coefficient (Wildman–Crippen LogP) is 1.77. The number of hydrogen-bond acceptors (Lipinski definition) is 3. The van der Waals surface area contributed by atoms with Crippen LogP contribution in [-0.2, 0) is 4.79 Å². The maximum atomic E-state index is 10.4. The summed E-state index contributed by atoms with van der Waals surface area (Å²) >= 11 is 0. The van der Waals surface area contributed by atoms with Crippen molar-refractivity contribution in [1.29, 1.82) is 0 Å². The van der Waals surface area contributed by atoms with E-state index in [1.165, 1.54) is 6.92 Å². The van der Waals surface area contributed by atoms with Crippen LogP contribution < -0.4 is 10.9 Å². The molecule has 0 bridgehead atoms. The second kappa shape index (κ2) is 4.46. The number of ether oxygens (including phenoxy) is 1. The summed E-state index contributed by atoms with van der Waals surface area (Å²) < 4.78 is 4.78. The number of benzene rings is 1. The van der Waals surface area contributed by atoms with Crippen molar-refractivity contribution in [1.82, 2.24) is 6.15 Å². The summed E-state index contributed by atoms with van der Waals surface area (Å²) in [5, 5.41) is 0. The zero-order valence-electron chi connectivity index (χ0n) is 6.41. The lowest BCUT2D eigenvalue weighted by Crippen LogP contribution is -2.00. The third-order valence-corrected chi connectivity index (χ3v) is 1.00. The van der Waals surface area contributed by atoms with Gasteiger partial charge < -0.3 is 10.9 Å². The van der Waals surface area contributed by atoms with Gasteiger partial charge in [0.15, 0.2) is 0 Å². The van der Waals surface area contributed by atoms with Gasteiger partial charge in [0.25, 0.3) is 0 Å². The van der Waals surface area contributed by atoms with Gasteiger partial charge in [-0.15, -0.1) is 0 Å². The predicted molar refractivity (Wildman–Crippen MR) is 42.8 cm³/mol. The molecule has 1 rings (SSSR count). The second-order valence-electron chi connectivity index (χ2n) is 1.91. The summed E-state index contributed by atoms with van der Waals surface area (Å²) in [4.78, 5) is 10.4. The number of esters is 1. The summed E-state index contributed by atoms with van der Waals surface area (Å²) in [5.41, 5.74) is 0. The maximum absolute atomic E-state index is 10.4. The zero-order chi connectivity index (χ0) is 7.40. The van der Waals surface area contributed by atoms with Gasteiger partial charge in [-0.25, -0.2) is 0 Å². The van der Waals surface area contributed by atoms with Crippen molar-refractivity contribution in [2.75, 3.05) is 0 Å². The molecule has 0 amide bonds. The van der Waals surface area contributed by atoms with E-state index in [0.717, 1.165) is 0 Å². The quantitative estimate of drug-likeness (QED) is 0.494. The first-order chi connectivity index (χ1) is 4.79. The Morgan fingerprint density at radius 3 is 2.27 bits per heavy atom. The highest BCUT2D eigenvalue weighted by Gasteiger charge is 1.92. The molecule has 0 aliphatic carbocycles.